The van der Waals surface area contributed by atoms with E-state index in [4.69, 9.17) is 9.47 Å². The van der Waals surface area contributed by atoms with E-state index in [1.54, 1.807) is 11.0 Å². The van der Waals surface area contributed by atoms with Crippen LogP contribution in [0.25, 0.3) is 0 Å². The SMILES string of the molecule is C=CCOC(=O)[C@@H]1[C@H]2C(=O)N([C@H](CO)c3ccccc3)C(C(=O)N(CC=C)C(C)CCC)C23CC[C@@]1(C)O3. The highest BCUT2D eigenvalue weighted by Crippen LogP contribution is 2.64. The Kier molecular flexibility index (Phi) is 8.14. The molecule has 7 atom stereocenters. The number of amides is 2. The lowest BCUT2D eigenvalue weighted by molar-refractivity contribution is -0.161. The largest absolute Gasteiger partial charge is 0.461 e. The fraction of sp³-hybridized carbons (Fsp3) is 0.567. The third-order valence-electron chi connectivity index (χ3n) is 8.59. The van der Waals surface area contributed by atoms with Gasteiger partial charge < -0.3 is 24.4 Å². The van der Waals surface area contributed by atoms with Gasteiger partial charge in [0.15, 0.2) is 0 Å². The van der Waals surface area contributed by atoms with Gasteiger partial charge >= 0.3 is 5.97 Å². The quantitative estimate of drug-likeness (QED) is 0.333. The van der Waals surface area contributed by atoms with E-state index < -0.39 is 41.1 Å². The van der Waals surface area contributed by atoms with Crippen LogP contribution in [0.2, 0.25) is 0 Å². The average Bonchev–Trinajstić information content (AvgIpc) is 3.48. The van der Waals surface area contributed by atoms with E-state index >= 15 is 0 Å². The Morgan fingerprint density at radius 2 is 1.97 bits per heavy atom. The van der Waals surface area contributed by atoms with Crippen LogP contribution < -0.4 is 0 Å². The molecule has 1 N–H and O–H groups in total. The number of hydrogen-bond donors (Lipinski definition) is 1. The molecule has 8 nitrogen and oxygen atoms in total. The number of nitrogens with zero attached hydrogens (tertiary/aromatic N) is 2. The normalized spacial score (nSPS) is 31.0. The van der Waals surface area contributed by atoms with Gasteiger partial charge in [-0.1, -0.05) is 62.4 Å². The second kappa shape index (κ2) is 11.0. The Labute approximate surface area is 225 Å². The maximum Gasteiger partial charge on any atom is 0.313 e. The van der Waals surface area contributed by atoms with Gasteiger partial charge in [0.25, 0.3) is 0 Å². The van der Waals surface area contributed by atoms with E-state index in [0.717, 1.165) is 12.8 Å². The molecule has 2 amide bonds. The fourth-order valence-electron chi connectivity index (χ4n) is 6.95. The summed E-state index contributed by atoms with van der Waals surface area (Å²) in [7, 11) is 0. The van der Waals surface area contributed by atoms with Crippen LogP contribution in [0.1, 0.15) is 58.1 Å². The molecule has 3 fully saturated rings. The molecule has 206 valence electrons. The predicted octanol–water partition coefficient (Wildman–Crippen LogP) is 3.42. The minimum Gasteiger partial charge on any atom is -0.461 e. The minimum absolute atomic E-state index is 0.0241. The van der Waals surface area contributed by atoms with Crippen molar-refractivity contribution >= 4 is 17.8 Å². The maximum atomic E-state index is 14.5. The second-order valence-electron chi connectivity index (χ2n) is 10.9. The number of esters is 1. The van der Waals surface area contributed by atoms with E-state index in [2.05, 4.69) is 20.1 Å². The Balaban J connectivity index is 1.85. The zero-order valence-electron chi connectivity index (χ0n) is 22.7. The van der Waals surface area contributed by atoms with Gasteiger partial charge in [0.05, 0.1) is 24.2 Å². The van der Waals surface area contributed by atoms with Crippen molar-refractivity contribution < 1.29 is 29.0 Å². The maximum absolute atomic E-state index is 14.5. The Bertz CT molecular complexity index is 1080. The van der Waals surface area contributed by atoms with Crippen molar-refractivity contribution in [2.45, 2.75) is 75.8 Å². The first-order valence-electron chi connectivity index (χ1n) is 13.6. The highest BCUT2D eigenvalue weighted by molar-refractivity contribution is 5.99. The van der Waals surface area contributed by atoms with Crippen molar-refractivity contribution in [3.05, 3.63) is 61.2 Å². The van der Waals surface area contributed by atoms with Crippen molar-refractivity contribution in [2.24, 2.45) is 11.8 Å². The van der Waals surface area contributed by atoms with E-state index in [0.29, 0.717) is 24.9 Å². The van der Waals surface area contributed by atoms with Gasteiger partial charge in [-0.15, -0.1) is 6.58 Å². The molecule has 1 spiro atoms. The Hall–Kier alpha value is -2.97. The molecule has 0 aromatic heterocycles. The number of likely N-dealkylation sites (tertiary alicyclic amines) is 1. The first-order valence-corrected chi connectivity index (χ1v) is 13.6. The van der Waals surface area contributed by atoms with Crippen molar-refractivity contribution in [2.75, 3.05) is 19.8 Å². The molecule has 1 aromatic carbocycles. The van der Waals surface area contributed by atoms with Gasteiger partial charge in [-0.2, -0.15) is 0 Å². The molecular formula is C30H40N2O6. The summed E-state index contributed by atoms with van der Waals surface area (Å²) in [5.41, 5.74) is -1.42. The molecule has 4 rings (SSSR count). The van der Waals surface area contributed by atoms with Gasteiger partial charge in [-0.3, -0.25) is 14.4 Å². The number of fused-ring (bicyclic) bond motifs is 1. The molecule has 1 aromatic rings. The highest BCUT2D eigenvalue weighted by atomic mass is 16.6. The molecule has 3 aliphatic rings. The van der Waals surface area contributed by atoms with Crippen LogP contribution in [0.3, 0.4) is 0 Å². The number of ether oxygens (including phenoxy) is 2. The zero-order valence-corrected chi connectivity index (χ0v) is 22.7. The standard InChI is InChI=1S/C30H40N2O6/c1-6-12-20(4)31(17-7-2)27(35)25-30-16-15-29(5,38-30)24(28(36)37-18-8-3)23(30)26(34)32(25)22(19-33)21-13-10-9-11-14-21/h7-11,13-14,20,22-25,33H,2-3,6,12,15-19H2,1,4-5H3/t20?,22-,23+,24+,25?,29-,30?/m1/s1. The topological polar surface area (TPSA) is 96.4 Å². The number of aliphatic hydroxyl groups is 1. The predicted molar refractivity (Wildman–Crippen MR) is 143 cm³/mol. The molecule has 0 aliphatic carbocycles. The summed E-state index contributed by atoms with van der Waals surface area (Å²) in [6, 6.07) is 7.32. The lowest BCUT2D eigenvalue weighted by atomic mass is 9.66. The van der Waals surface area contributed by atoms with Crippen LogP contribution in [-0.4, -0.2) is 75.7 Å². The van der Waals surface area contributed by atoms with Crippen molar-refractivity contribution in [3.8, 4) is 0 Å². The van der Waals surface area contributed by atoms with E-state index in [-0.39, 0.29) is 31.1 Å². The number of carbonyl (C=O) groups excluding carboxylic acids is 3. The first-order chi connectivity index (χ1) is 18.2. The third-order valence-corrected chi connectivity index (χ3v) is 8.59. The zero-order chi connectivity index (χ0) is 27.7. The number of aliphatic hydroxyl groups excluding tert-OH is 1. The smallest absolute Gasteiger partial charge is 0.313 e. The molecule has 0 saturated carbocycles. The molecule has 38 heavy (non-hydrogen) atoms. The van der Waals surface area contributed by atoms with Crippen molar-refractivity contribution in [1.82, 2.24) is 9.80 Å². The monoisotopic (exact) mass is 524 g/mol. The van der Waals surface area contributed by atoms with Crippen LogP contribution in [0.4, 0.5) is 0 Å². The van der Waals surface area contributed by atoms with Crippen LogP contribution in [0.15, 0.2) is 55.6 Å². The molecule has 0 radical (unpaired) electrons. The van der Waals surface area contributed by atoms with Gasteiger partial charge in [-0.05, 0) is 38.7 Å². The van der Waals surface area contributed by atoms with Gasteiger partial charge in [0.1, 0.15) is 24.2 Å². The molecule has 3 unspecified atom stereocenters. The number of carbonyl (C=O) groups is 3. The third kappa shape index (κ3) is 4.37. The molecular weight excluding hydrogens is 484 g/mol. The Morgan fingerprint density at radius 3 is 2.58 bits per heavy atom. The fourth-order valence-corrected chi connectivity index (χ4v) is 6.95. The molecule has 3 aliphatic heterocycles. The van der Waals surface area contributed by atoms with E-state index in [1.807, 2.05) is 44.2 Å². The van der Waals surface area contributed by atoms with Crippen LogP contribution in [0, 0.1) is 11.8 Å². The number of rotatable bonds is 12. The first kappa shape index (κ1) is 28.0. The van der Waals surface area contributed by atoms with Crippen molar-refractivity contribution in [1.29, 1.82) is 0 Å². The van der Waals surface area contributed by atoms with Crippen LogP contribution in [0.5, 0.6) is 0 Å². The minimum atomic E-state index is -1.20. The second-order valence-corrected chi connectivity index (χ2v) is 10.9. The van der Waals surface area contributed by atoms with Crippen LogP contribution >= 0.6 is 0 Å². The summed E-state index contributed by atoms with van der Waals surface area (Å²) in [6.07, 6.45) is 5.81. The average molecular weight is 525 g/mol. The summed E-state index contributed by atoms with van der Waals surface area (Å²) < 4.78 is 12.1. The summed E-state index contributed by atoms with van der Waals surface area (Å²) in [5, 5.41) is 10.6. The van der Waals surface area contributed by atoms with Gasteiger partial charge in [0.2, 0.25) is 11.8 Å². The van der Waals surface area contributed by atoms with E-state index in [1.165, 1.54) is 11.0 Å². The highest BCUT2D eigenvalue weighted by Gasteiger charge is 2.79. The lowest BCUT2D eigenvalue weighted by Gasteiger charge is -2.41. The molecule has 2 bridgehead atoms. The van der Waals surface area contributed by atoms with Crippen molar-refractivity contribution in [3.63, 3.8) is 0 Å². The van der Waals surface area contributed by atoms with Crippen LogP contribution in [-0.2, 0) is 23.9 Å². The summed E-state index contributed by atoms with van der Waals surface area (Å²) in [4.78, 5) is 45.5. The summed E-state index contributed by atoms with van der Waals surface area (Å²) in [5.74, 6) is -2.89. The van der Waals surface area contributed by atoms with Gasteiger partial charge in [-0.25, -0.2) is 0 Å². The van der Waals surface area contributed by atoms with E-state index in [9.17, 15) is 19.5 Å². The molecule has 3 heterocycles. The lowest BCUT2D eigenvalue weighted by Crippen LogP contribution is -2.58. The number of hydrogen-bond acceptors (Lipinski definition) is 6. The molecule has 3 saturated heterocycles. The summed E-state index contributed by atoms with van der Waals surface area (Å²) >= 11 is 0. The summed E-state index contributed by atoms with van der Waals surface area (Å²) in [6.45, 7) is 13.3. The van der Waals surface area contributed by atoms with Gasteiger partial charge in [0, 0.05) is 12.6 Å². The molecule has 8 heteroatoms. The number of benzene rings is 1. The Morgan fingerprint density at radius 1 is 1.26 bits per heavy atom.